The van der Waals surface area contributed by atoms with Gasteiger partial charge in [-0.3, -0.25) is 9.59 Å². The largest absolute Gasteiger partial charge is 0.483 e. The maximum atomic E-state index is 13.3. The van der Waals surface area contributed by atoms with E-state index in [4.69, 9.17) is 4.74 Å². The number of rotatable bonds is 10. The van der Waals surface area contributed by atoms with Crippen molar-refractivity contribution in [1.82, 2.24) is 10.2 Å². The van der Waals surface area contributed by atoms with Gasteiger partial charge in [0.1, 0.15) is 11.8 Å². The first-order valence-corrected chi connectivity index (χ1v) is 11.2. The predicted molar refractivity (Wildman–Crippen MR) is 129 cm³/mol. The first-order chi connectivity index (χ1) is 15.5. The molecule has 5 heteroatoms. The quantitative estimate of drug-likeness (QED) is 0.510. The van der Waals surface area contributed by atoms with Crippen LogP contribution in [0.5, 0.6) is 5.75 Å². The molecule has 5 nitrogen and oxygen atoms in total. The number of benzene rings is 3. The first kappa shape index (κ1) is 23.3. The van der Waals surface area contributed by atoms with Crippen LogP contribution in [0.25, 0.3) is 10.8 Å². The van der Waals surface area contributed by atoms with Crippen molar-refractivity contribution in [2.45, 2.75) is 45.7 Å². The van der Waals surface area contributed by atoms with Crippen molar-refractivity contribution in [3.05, 3.63) is 78.4 Å². The molecule has 0 spiro atoms. The highest BCUT2D eigenvalue weighted by molar-refractivity contribution is 5.90. The van der Waals surface area contributed by atoms with Crippen LogP contribution in [0, 0.1) is 0 Å². The summed E-state index contributed by atoms with van der Waals surface area (Å²) in [5.41, 5.74) is 1.12. The number of fused-ring (bicyclic) bond motifs is 1. The number of ether oxygens (including phenoxy) is 1. The molecule has 3 aromatic rings. The van der Waals surface area contributed by atoms with Crippen LogP contribution < -0.4 is 10.1 Å². The second kappa shape index (κ2) is 11.3. The third-order valence-corrected chi connectivity index (χ3v) is 5.40. The standard InChI is InChI=1S/C27H32N2O3/c1-4-24(27(31)28-20(2)3)29(18-17-21-11-6-5-7-12-21)26(30)19-32-25-16-10-14-22-13-8-9-15-23(22)25/h5-16,20,24H,4,17-19H2,1-3H3,(H,28,31)/t24-/m0/s1. The minimum absolute atomic E-state index is 0.00885. The average molecular weight is 433 g/mol. The van der Waals surface area contributed by atoms with Gasteiger partial charge < -0.3 is 15.0 Å². The first-order valence-electron chi connectivity index (χ1n) is 11.2. The molecule has 1 atom stereocenters. The zero-order valence-corrected chi connectivity index (χ0v) is 19.1. The number of amides is 2. The lowest BCUT2D eigenvalue weighted by Crippen LogP contribution is -2.52. The van der Waals surface area contributed by atoms with Gasteiger partial charge in [0.15, 0.2) is 6.61 Å². The number of carbonyl (C=O) groups is 2. The molecular formula is C27H32N2O3. The Morgan fingerprint density at radius 3 is 2.34 bits per heavy atom. The summed E-state index contributed by atoms with van der Waals surface area (Å²) in [5, 5.41) is 4.97. The molecule has 0 bridgehead atoms. The van der Waals surface area contributed by atoms with Gasteiger partial charge in [-0.2, -0.15) is 0 Å². The lowest BCUT2D eigenvalue weighted by molar-refractivity contribution is -0.142. The molecule has 0 heterocycles. The molecule has 0 saturated heterocycles. The van der Waals surface area contributed by atoms with Crippen molar-refractivity contribution in [3.63, 3.8) is 0 Å². The van der Waals surface area contributed by atoms with Crippen LogP contribution in [0.4, 0.5) is 0 Å². The van der Waals surface area contributed by atoms with E-state index in [0.717, 1.165) is 16.3 Å². The smallest absolute Gasteiger partial charge is 0.261 e. The Labute approximate surface area is 190 Å². The van der Waals surface area contributed by atoms with Crippen molar-refractivity contribution in [1.29, 1.82) is 0 Å². The van der Waals surface area contributed by atoms with Gasteiger partial charge >= 0.3 is 0 Å². The van der Waals surface area contributed by atoms with Crippen LogP contribution in [0.1, 0.15) is 32.8 Å². The Bertz CT molecular complexity index is 1030. The summed E-state index contributed by atoms with van der Waals surface area (Å²) >= 11 is 0. The van der Waals surface area contributed by atoms with Gasteiger partial charge in [-0.1, -0.05) is 73.7 Å². The molecule has 0 aliphatic carbocycles. The number of carbonyl (C=O) groups excluding carboxylic acids is 2. The maximum absolute atomic E-state index is 13.3. The minimum atomic E-state index is -0.537. The highest BCUT2D eigenvalue weighted by Gasteiger charge is 2.29. The summed E-state index contributed by atoms with van der Waals surface area (Å²) < 4.78 is 5.95. The molecule has 0 aliphatic rings. The molecule has 1 N–H and O–H groups in total. The molecule has 0 aliphatic heterocycles. The third-order valence-electron chi connectivity index (χ3n) is 5.40. The van der Waals surface area contributed by atoms with E-state index >= 15 is 0 Å². The summed E-state index contributed by atoms with van der Waals surface area (Å²) in [5.74, 6) is 0.341. The lowest BCUT2D eigenvalue weighted by Gasteiger charge is -2.31. The van der Waals surface area contributed by atoms with Gasteiger partial charge in [0.25, 0.3) is 5.91 Å². The third kappa shape index (κ3) is 6.10. The minimum Gasteiger partial charge on any atom is -0.483 e. The zero-order valence-electron chi connectivity index (χ0n) is 19.1. The number of nitrogens with zero attached hydrogens (tertiary/aromatic N) is 1. The normalized spacial score (nSPS) is 11.9. The number of nitrogens with one attached hydrogen (secondary N) is 1. The van der Waals surface area contributed by atoms with Crippen LogP contribution in [-0.4, -0.2) is 41.9 Å². The van der Waals surface area contributed by atoms with E-state index in [-0.39, 0.29) is 24.5 Å². The maximum Gasteiger partial charge on any atom is 0.261 e. The monoisotopic (exact) mass is 432 g/mol. The fourth-order valence-electron chi connectivity index (χ4n) is 3.82. The molecular weight excluding hydrogens is 400 g/mol. The van der Waals surface area contributed by atoms with Gasteiger partial charge in [0, 0.05) is 18.0 Å². The van der Waals surface area contributed by atoms with E-state index in [2.05, 4.69) is 5.32 Å². The van der Waals surface area contributed by atoms with E-state index in [1.807, 2.05) is 93.6 Å². The van der Waals surface area contributed by atoms with Gasteiger partial charge in [-0.05, 0) is 43.7 Å². The molecule has 2 amide bonds. The van der Waals surface area contributed by atoms with Crippen LogP contribution in [-0.2, 0) is 16.0 Å². The highest BCUT2D eigenvalue weighted by atomic mass is 16.5. The molecule has 0 unspecified atom stereocenters. The second-order valence-electron chi connectivity index (χ2n) is 8.18. The Balaban J connectivity index is 1.77. The van der Waals surface area contributed by atoms with Crippen molar-refractivity contribution >= 4 is 22.6 Å². The van der Waals surface area contributed by atoms with Crippen molar-refractivity contribution in [3.8, 4) is 5.75 Å². The summed E-state index contributed by atoms with van der Waals surface area (Å²) in [6.45, 7) is 6.10. The predicted octanol–water partition coefficient (Wildman–Crippen LogP) is 4.59. The van der Waals surface area contributed by atoms with Gasteiger partial charge in [-0.15, -0.1) is 0 Å². The van der Waals surface area contributed by atoms with Crippen molar-refractivity contribution in [2.75, 3.05) is 13.2 Å². The molecule has 3 rings (SSSR count). The topological polar surface area (TPSA) is 58.6 Å². The fraction of sp³-hybridized carbons (Fsp3) is 0.333. The Morgan fingerprint density at radius 2 is 1.62 bits per heavy atom. The van der Waals surface area contributed by atoms with E-state index < -0.39 is 6.04 Å². The molecule has 0 saturated carbocycles. The fourth-order valence-corrected chi connectivity index (χ4v) is 3.82. The SMILES string of the molecule is CC[C@@H](C(=O)NC(C)C)N(CCc1ccccc1)C(=O)COc1cccc2ccccc12. The van der Waals surface area contributed by atoms with E-state index in [1.165, 1.54) is 0 Å². The Kier molecular flexibility index (Phi) is 8.26. The Morgan fingerprint density at radius 1 is 0.938 bits per heavy atom. The molecule has 0 fully saturated rings. The molecule has 32 heavy (non-hydrogen) atoms. The highest BCUT2D eigenvalue weighted by Crippen LogP contribution is 2.25. The molecule has 3 aromatic carbocycles. The van der Waals surface area contributed by atoms with Gasteiger partial charge in [0.2, 0.25) is 5.91 Å². The summed E-state index contributed by atoms with van der Waals surface area (Å²) in [7, 11) is 0. The number of hydrogen-bond acceptors (Lipinski definition) is 3. The van der Waals surface area contributed by atoms with Crippen LogP contribution in [0.2, 0.25) is 0 Å². The van der Waals surface area contributed by atoms with E-state index in [1.54, 1.807) is 4.90 Å². The van der Waals surface area contributed by atoms with Crippen LogP contribution in [0.3, 0.4) is 0 Å². The lowest BCUT2D eigenvalue weighted by atomic mass is 10.1. The molecule has 0 aromatic heterocycles. The van der Waals surface area contributed by atoms with E-state index in [9.17, 15) is 9.59 Å². The van der Waals surface area contributed by atoms with Crippen molar-refractivity contribution < 1.29 is 14.3 Å². The van der Waals surface area contributed by atoms with Gasteiger partial charge in [0.05, 0.1) is 0 Å². The number of hydrogen-bond donors (Lipinski definition) is 1. The molecule has 0 radical (unpaired) electrons. The van der Waals surface area contributed by atoms with Crippen LogP contribution >= 0.6 is 0 Å². The summed E-state index contributed by atoms with van der Waals surface area (Å²) in [6.07, 6.45) is 1.21. The zero-order chi connectivity index (χ0) is 22.9. The summed E-state index contributed by atoms with van der Waals surface area (Å²) in [4.78, 5) is 27.8. The Hall–Kier alpha value is -3.34. The van der Waals surface area contributed by atoms with Gasteiger partial charge in [-0.25, -0.2) is 0 Å². The molecule has 168 valence electrons. The second-order valence-corrected chi connectivity index (χ2v) is 8.18. The van der Waals surface area contributed by atoms with E-state index in [0.29, 0.717) is 25.1 Å². The average Bonchev–Trinajstić information content (AvgIpc) is 2.80. The van der Waals surface area contributed by atoms with Crippen LogP contribution in [0.15, 0.2) is 72.8 Å². The van der Waals surface area contributed by atoms with Crippen molar-refractivity contribution in [2.24, 2.45) is 0 Å². The summed E-state index contributed by atoms with van der Waals surface area (Å²) in [6, 6.07) is 23.2.